The summed E-state index contributed by atoms with van der Waals surface area (Å²) >= 11 is 11.3. The van der Waals surface area contributed by atoms with Crippen molar-refractivity contribution in [3.8, 4) is 0 Å². The van der Waals surface area contributed by atoms with E-state index in [1.807, 2.05) is 12.1 Å². The van der Waals surface area contributed by atoms with Crippen molar-refractivity contribution < 1.29 is 9.59 Å². The zero-order chi connectivity index (χ0) is 14.5. The van der Waals surface area contributed by atoms with Gasteiger partial charge in [0, 0.05) is 48.4 Å². The van der Waals surface area contributed by atoms with Crippen LogP contribution in [0.3, 0.4) is 0 Å². The standard InChI is InChI=1S/C14H16Cl2N2O2/c15-6-5-13(19)17-8-10-7-14(20)18(9-10)12-3-1-11(16)2-4-12/h1-4,10H,5-9H2,(H,17,19). The number of halogens is 2. The summed E-state index contributed by atoms with van der Waals surface area (Å²) in [6.45, 7) is 1.12. The van der Waals surface area contributed by atoms with Gasteiger partial charge in [-0.2, -0.15) is 0 Å². The number of nitrogens with one attached hydrogen (secondary N) is 1. The van der Waals surface area contributed by atoms with E-state index in [2.05, 4.69) is 5.32 Å². The molecule has 0 aliphatic carbocycles. The molecule has 6 heteroatoms. The molecule has 1 aliphatic heterocycles. The van der Waals surface area contributed by atoms with Crippen LogP contribution in [0.25, 0.3) is 0 Å². The Morgan fingerprint density at radius 1 is 1.35 bits per heavy atom. The van der Waals surface area contributed by atoms with Crippen molar-refractivity contribution in [2.45, 2.75) is 12.8 Å². The van der Waals surface area contributed by atoms with Crippen LogP contribution in [0.15, 0.2) is 24.3 Å². The molecule has 108 valence electrons. The van der Waals surface area contributed by atoms with E-state index in [4.69, 9.17) is 23.2 Å². The Hall–Kier alpha value is -1.26. The molecule has 0 saturated carbocycles. The Morgan fingerprint density at radius 2 is 2.05 bits per heavy atom. The van der Waals surface area contributed by atoms with E-state index in [-0.39, 0.29) is 17.7 Å². The monoisotopic (exact) mass is 314 g/mol. The van der Waals surface area contributed by atoms with E-state index in [0.717, 1.165) is 5.69 Å². The minimum atomic E-state index is -0.0719. The molecule has 1 fully saturated rings. The highest BCUT2D eigenvalue weighted by atomic mass is 35.5. The smallest absolute Gasteiger partial charge is 0.227 e. The van der Waals surface area contributed by atoms with Crippen LogP contribution < -0.4 is 10.2 Å². The Bertz CT molecular complexity index is 490. The molecule has 1 N–H and O–H groups in total. The van der Waals surface area contributed by atoms with Gasteiger partial charge in [0.15, 0.2) is 0 Å². The number of carbonyl (C=O) groups excluding carboxylic acids is 2. The SMILES string of the molecule is O=C(CCCl)NCC1CC(=O)N(c2ccc(Cl)cc2)C1. The molecular weight excluding hydrogens is 299 g/mol. The van der Waals surface area contributed by atoms with Crippen molar-refractivity contribution in [3.05, 3.63) is 29.3 Å². The highest BCUT2D eigenvalue weighted by molar-refractivity contribution is 6.30. The van der Waals surface area contributed by atoms with E-state index in [1.165, 1.54) is 0 Å². The maximum Gasteiger partial charge on any atom is 0.227 e. The predicted molar refractivity (Wildman–Crippen MR) is 80.3 cm³/mol. The van der Waals surface area contributed by atoms with Gasteiger partial charge in [-0.25, -0.2) is 0 Å². The summed E-state index contributed by atoms with van der Waals surface area (Å²) in [5, 5.41) is 3.45. The molecule has 1 aromatic carbocycles. The molecule has 1 atom stereocenters. The molecule has 0 aromatic heterocycles. The highest BCUT2D eigenvalue weighted by Gasteiger charge is 2.30. The number of benzene rings is 1. The number of hydrogen-bond donors (Lipinski definition) is 1. The van der Waals surface area contributed by atoms with Gasteiger partial charge >= 0.3 is 0 Å². The fourth-order valence-corrected chi connectivity index (χ4v) is 2.52. The first-order chi connectivity index (χ1) is 9.60. The lowest BCUT2D eigenvalue weighted by atomic mass is 10.1. The number of alkyl halides is 1. The molecule has 0 radical (unpaired) electrons. The molecule has 1 saturated heterocycles. The fraction of sp³-hybridized carbons (Fsp3) is 0.429. The van der Waals surface area contributed by atoms with E-state index < -0.39 is 0 Å². The molecule has 2 rings (SSSR count). The highest BCUT2D eigenvalue weighted by Crippen LogP contribution is 2.25. The number of rotatable bonds is 5. The molecule has 4 nitrogen and oxygen atoms in total. The summed E-state index contributed by atoms with van der Waals surface area (Å²) in [4.78, 5) is 25.1. The van der Waals surface area contributed by atoms with Crippen molar-refractivity contribution in [2.75, 3.05) is 23.9 Å². The van der Waals surface area contributed by atoms with Gasteiger partial charge in [-0.1, -0.05) is 11.6 Å². The first kappa shape index (κ1) is 15.1. The van der Waals surface area contributed by atoms with Crippen molar-refractivity contribution in [1.82, 2.24) is 5.32 Å². The van der Waals surface area contributed by atoms with Crippen LogP contribution in [0.2, 0.25) is 5.02 Å². The lowest BCUT2D eigenvalue weighted by molar-refractivity contribution is -0.121. The quantitative estimate of drug-likeness (QED) is 0.849. The van der Waals surface area contributed by atoms with Gasteiger partial charge in [-0.05, 0) is 24.3 Å². The zero-order valence-corrected chi connectivity index (χ0v) is 12.5. The average Bonchev–Trinajstić information content (AvgIpc) is 2.79. The number of anilines is 1. The van der Waals surface area contributed by atoms with Gasteiger partial charge in [-0.15, -0.1) is 11.6 Å². The molecule has 1 aliphatic rings. The Labute approximate surface area is 128 Å². The Kier molecular flexibility index (Phi) is 5.26. The van der Waals surface area contributed by atoms with Crippen molar-refractivity contribution in [2.24, 2.45) is 5.92 Å². The third-order valence-corrected chi connectivity index (χ3v) is 3.69. The normalized spacial score (nSPS) is 18.4. The summed E-state index contributed by atoms with van der Waals surface area (Å²) in [6.07, 6.45) is 0.757. The Balaban J connectivity index is 1.90. The minimum absolute atomic E-state index is 0.0719. The Morgan fingerprint density at radius 3 is 2.70 bits per heavy atom. The molecule has 20 heavy (non-hydrogen) atoms. The summed E-state index contributed by atoms with van der Waals surface area (Å²) in [6, 6.07) is 7.18. The summed E-state index contributed by atoms with van der Waals surface area (Å²) in [5.41, 5.74) is 0.842. The van der Waals surface area contributed by atoms with Crippen LogP contribution >= 0.6 is 23.2 Å². The van der Waals surface area contributed by atoms with Crippen molar-refractivity contribution in [3.63, 3.8) is 0 Å². The van der Waals surface area contributed by atoms with Crippen LogP contribution in [0.5, 0.6) is 0 Å². The maximum atomic E-state index is 12.0. The van der Waals surface area contributed by atoms with E-state index in [9.17, 15) is 9.59 Å². The summed E-state index contributed by atoms with van der Waals surface area (Å²) < 4.78 is 0. The average molecular weight is 315 g/mol. The van der Waals surface area contributed by atoms with Gasteiger partial charge in [0.05, 0.1) is 0 Å². The predicted octanol–water partition coefficient (Wildman–Crippen LogP) is 2.44. The first-order valence-corrected chi connectivity index (χ1v) is 7.40. The topological polar surface area (TPSA) is 49.4 Å². The lowest BCUT2D eigenvalue weighted by Crippen LogP contribution is -2.31. The molecule has 1 aromatic rings. The second-order valence-corrected chi connectivity index (χ2v) is 5.61. The van der Waals surface area contributed by atoms with Gasteiger partial charge in [-0.3, -0.25) is 9.59 Å². The van der Waals surface area contributed by atoms with Crippen LogP contribution in [0, 0.1) is 5.92 Å². The van der Waals surface area contributed by atoms with Crippen LogP contribution in [-0.4, -0.2) is 30.8 Å². The third-order valence-electron chi connectivity index (χ3n) is 3.25. The van der Waals surface area contributed by atoms with E-state index in [1.54, 1.807) is 17.0 Å². The zero-order valence-electron chi connectivity index (χ0n) is 10.9. The van der Waals surface area contributed by atoms with Gasteiger partial charge in [0.1, 0.15) is 0 Å². The van der Waals surface area contributed by atoms with E-state index in [0.29, 0.717) is 36.8 Å². The second-order valence-electron chi connectivity index (χ2n) is 4.79. The number of hydrogen-bond acceptors (Lipinski definition) is 2. The summed E-state index contributed by atoms with van der Waals surface area (Å²) in [5.74, 6) is 0.450. The van der Waals surface area contributed by atoms with Gasteiger partial charge in [0.25, 0.3) is 0 Å². The molecule has 0 bridgehead atoms. The van der Waals surface area contributed by atoms with Crippen molar-refractivity contribution in [1.29, 1.82) is 0 Å². The largest absolute Gasteiger partial charge is 0.356 e. The third kappa shape index (κ3) is 3.87. The molecule has 1 unspecified atom stereocenters. The molecular formula is C14H16Cl2N2O2. The van der Waals surface area contributed by atoms with Gasteiger partial charge in [0.2, 0.25) is 11.8 Å². The summed E-state index contributed by atoms with van der Waals surface area (Å²) in [7, 11) is 0. The number of nitrogens with zero attached hydrogens (tertiary/aromatic N) is 1. The number of carbonyl (C=O) groups is 2. The van der Waals surface area contributed by atoms with Crippen LogP contribution in [-0.2, 0) is 9.59 Å². The van der Waals surface area contributed by atoms with Gasteiger partial charge < -0.3 is 10.2 Å². The molecule has 2 amide bonds. The molecule has 1 heterocycles. The first-order valence-electron chi connectivity index (χ1n) is 6.48. The van der Waals surface area contributed by atoms with Crippen LogP contribution in [0.1, 0.15) is 12.8 Å². The van der Waals surface area contributed by atoms with E-state index >= 15 is 0 Å². The van der Waals surface area contributed by atoms with Crippen molar-refractivity contribution >= 4 is 40.7 Å². The maximum absolute atomic E-state index is 12.0. The molecule has 0 spiro atoms. The minimum Gasteiger partial charge on any atom is -0.356 e. The fourth-order valence-electron chi connectivity index (χ4n) is 2.22. The van der Waals surface area contributed by atoms with Crippen LogP contribution in [0.4, 0.5) is 5.69 Å². The number of amides is 2. The lowest BCUT2D eigenvalue weighted by Gasteiger charge is -2.17. The second kappa shape index (κ2) is 6.95.